The number of allylic oxidation sites excluding steroid dienone is 2. The highest BCUT2D eigenvalue weighted by Crippen LogP contribution is 2.76. The van der Waals surface area contributed by atoms with Crippen LogP contribution in [0.15, 0.2) is 11.6 Å². The van der Waals surface area contributed by atoms with Crippen molar-refractivity contribution in [2.24, 2.45) is 56.7 Å². The molecule has 0 bridgehead atoms. The number of carbonyl (C=O) groups excluding carboxylic acids is 1. The van der Waals surface area contributed by atoms with Crippen molar-refractivity contribution in [3.63, 3.8) is 0 Å². The molecule has 0 aromatic rings. The fraction of sp³-hybridized carbons (Fsp3) is 0.867. The summed E-state index contributed by atoms with van der Waals surface area (Å²) < 4.78 is 0. The highest BCUT2D eigenvalue weighted by molar-refractivity contribution is 5.85. The Labute approximate surface area is 201 Å². The van der Waals surface area contributed by atoms with Crippen LogP contribution in [-0.2, 0) is 9.59 Å². The van der Waals surface area contributed by atoms with Crippen molar-refractivity contribution < 1.29 is 14.7 Å². The van der Waals surface area contributed by atoms with Crippen LogP contribution in [0.3, 0.4) is 0 Å². The largest absolute Gasteiger partial charge is 0.481 e. The van der Waals surface area contributed by atoms with Gasteiger partial charge in [-0.2, -0.15) is 0 Å². The minimum absolute atomic E-state index is 0.0661. The van der Waals surface area contributed by atoms with E-state index in [-0.39, 0.29) is 27.6 Å². The van der Waals surface area contributed by atoms with E-state index in [1.165, 1.54) is 12.0 Å². The predicted molar refractivity (Wildman–Crippen MR) is 132 cm³/mol. The van der Waals surface area contributed by atoms with Crippen LogP contribution >= 0.6 is 0 Å². The molecule has 1 N–H and O–H groups in total. The van der Waals surface area contributed by atoms with E-state index in [4.69, 9.17) is 0 Å². The molecule has 3 heteroatoms. The van der Waals surface area contributed by atoms with Gasteiger partial charge in [0.1, 0.15) is 5.78 Å². The number of rotatable bonds is 2. The molecule has 0 spiro atoms. The van der Waals surface area contributed by atoms with E-state index in [9.17, 15) is 14.7 Å². The van der Waals surface area contributed by atoms with Gasteiger partial charge in [-0.25, -0.2) is 0 Å². The molecule has 0 saturated heterocycles. The van der Waals surface area contributed by atoms with Gasteiger partial charge in [-0.1, -0.05) is 60.1 Å². The smallest absolute Gasteiger partial charge is 0.310 e. The third-order valence-electron chi connectivity index (χ3n) is 12.9. The Morgan fingerprint density at radius 1 is 0.970 bits per heavy atom. The standard InChI is InChI=1S/C30H46O3/c1-18(2)19-10-15-30(25(32)33)17-16-28(6)20(24(19)30)8-9-22-27(5)13-12-23(31)26(3,4)21(27)11-14-29(22,28)7/h8,18-19,21-22,24H,9-17H2,1-7H3,(H,32,33). The number of carbonyl (C=O) groups is 2. The highest BCUT2D eigenvalue weighted by atomic mass is 16.4. The summed E-state index contributed by atoms with van der Waals surface area (Å²) in [6, 6.07) is 0. The number of ketones is 1. The average Bonchev–Trinajstić information content (AvgIpc) is 3.13. The highest BCUT2D eigenvalue weighted by Gasteiger charge is 2.70. The van der Waals surface area contributed by atoms with Crippen LogP contribution in [-0.4, -0.2) is 16.9 Å². The lowest BCUT2D eigenvalue weighted by molar-refractivity contribution is -0.185. The molecule has 5 aliphatic rings. The number of carboxylic acids is 1. The summed E-state index contributed by atoms with van der Waals surface area (Å²) in [7, 11) is 0. The minimum atomic E-state index is -0.552. The lowest BCUT2D eigenvalue weighted by atomic mass is 9.34. The number of hydrogen-bond donors (Lipinski definition) is 1. The quantitative estimate of drug-likeness (QED) is 0.445. The van der Waals surface area contributed by atoms with Gasteiger partial charge in [0, 0.05) is 11.8 Å². The topological polar surface area (TPSA) is 54.4 Å². The van der Waals surface area contributed by atoms with Gasteiger partial charge in [0.15, 0.2) is 0 Å². The first-order chi connectivity index (χ1) is 15.3. The van der Waals surface area contributed by atoms with E-state index in [0.717, 1.165) is 51.4 Å². The van der Waals surface area contributed by atoms with Gasteiger partial charge in [-0.3, -0.25) is 9.59 Å². The number of fused-ring (bicyclic) bond motifs is 7. The van der Waals surface area contributed by atoms with E-state index in [1.54, 1.807) is 0 Å². The maximum atomic E-state index is 12.9. The van der Waals surface area contributed by atoms with E-state index < -0.39 is 11.4 Å². The fourth-order valence-corrected chi connectivity index (χ4v) is 10.7. The number of hydrogen-bond acceptors (Lipinski definition) is 2. The summed E-state index contributed by atoms with van der Waals surface area (Å²) in [5, 5.41) is 10.5. The Balaban J connectivity index is 1.62. The van der Waals surface area contributed by atoms with Crippen LogP contribution in [0.25, 0.3) is 0 Å². The molecule has 4 fully saturated rings. The van der Waals surface area contributed by atoms with Crippen LogP contribution in [0.5, 0.6) is 0 Å². The fourth-order valence-electron chi connectivity index (χ4n) is 10.7. The summed E-state index contributed by atoms with van der Waals surface area (Å²) in [4.78, 5) is 25.6. The molecule has 8 atom stereocenters. The normalized spacial score (nSPS) is 50.7. The van der Waals surface area contributed by atoms with E-state index in [1.807, 2.05) is 0 Å². The van der Waals surface area contributed by atoms with Crippen molar-refractivity contribution in [2.45, 2.75) is 106 Å². The lowest BCUT2D eigenvalue weighted by Crippen LogP contribution is -2.64. The molecule has 3 nitrogen and oxygen atoms in total. The van der Waals surface area contributed by atoms with Crippen molar-refractivity contribution in [1.82, 2.24) is 0 Å². The van der Waals surface area contributed by atoms with Crippen molar-refractivity contribution >= 4 is 11.8 Å². The van der Waals surface area contributed by atoms with Crippen LogP contribution < -0.4 is 0 Å². The van der Waals surface area contributed by atoms with E-state index in [2.05, 4.69) is 54.5 Å². The number of aliphatic carboxylic acids is 1. The summed E-state index contributed by atoms with van der Waals surface area (Å²) in [6.45, 7) is 16.6. The second-order valence-electron chi connectivity index (χ2n) is 14.3. The molecule has 0 radical (unpaired) electrons. The molecule has 0 aromatic heterocycles. The summed E-state index contributed by atoms with van der Waals surface area (Å²) in [5.74, 6) is 2.13. The Kier molecular flexibility index (Phi) is 4.99. The zero-order valence-corrected chi connectivity index (χ0v) is 22.1. The summed E-state index contributed by atoms with van der Waals surface area (Å²) >= 11 is 0. The molecule has 0 aromatic carbocycles. The Morgan fingerprint density at radius 2 is 1.67 bits per heavy atom. The molecule has 0 amide bonds. The van der Waals surface area contributed by atoms with E-state index in [0.29, 0.717) is 29.5 Å². The first-order valence-corrected chi connectivity index (χ1v) is 13.7. The first kappa shape index (κ1) is 23.6. The predicted octanol–water partition coefficient (Wildman–Crippen LogP) is 7.30. The molecule has 5 aliphatic carbocycles. The van der Waals surface area contributed by atoms with Crippen LogP contribution in [0.2, 0.25) is 0 Å². The van der Waals surface area contributed by atoms with Gasteiger partial charge in [0.05, 0.1) is 5.41 Å². The summed E-state index contributed by atoms with van der Waals surface area (Å²) in [6.07, 6.45) is 11.4. The molecule has 184 valence electrons. The third kappa shape index (κ3) is 2.69. The SMILES string of the molecule is CC(C)C1CCC2(C(=O)O)CCC3(C)C(=CCC4C5(C)CCC(=O)C(C)(C)C5CCC43C)C12. The minimum Gasteiger partial charge on any atom is -0.481 e. The monoisotopic (exact) mass is 454 g/mol. The average molecular weight is 455 g/mol. The number of carboxylic acid groups (broad SMARTS) is 1. The van der Waals surface area contributed by atoms with Gasteiger partial charge < -0.3 is 5.11 Å². The third-order valence-corrected chi connectivity index (χ3v) is 12.9. The maximum Gasteiger partial charge on any atom is 0.310 e. The molecule has 0 aliphatic heterocycles. The van der Waals surface area contributed by atoms with Gasteiger partial charge in [-0.05, 0) is 97.2 Å². The van der Waals surface area contributed by atoms with Crippen LogP contribution in [0, 0.1) is 56.7 Å². The van der Waals surface area contributed by atoms with Gasteiger partial charge in [0.2, 0.25) is 0 Å². The van der Waals surface area contributed by atoms with Crippen molar-refractivity contribution in [3.8, 4) is 0 Å². The maximum absolute atomic E-state index is 12.9. The molecular formula is C30H46O3. The van der Waals surface area contributed by atoms with Gasteiger partial charge in [-0.15, -0.1) is 0 Å². The van der Waals surface area contributed by atoms with Gasteiger partial charge >= 0.3 is 5.97 Å². The Hall–Kier alpha value is -1.12. The second-order valence-corrected chi connectivity index (χ2v) is 14.3. The summed E-state index contributed by atoms with van der Waals surface area (Å²) in [5.41, 5.74) is 1.16. The zero-order valence-electron chi connectivity index (χ0n) is 22.1. The van der Waals surface area contributed by atoms with Crippen LogP contribution in [0.1, 0.15) is 106 Å². The molecule has 33 heavy (non-hydrogen) atoms. The molecule has 4 saturated carbocycles. The molecule has 5 rings (SSSR count). The molecule has 8 unspecified atom stereocenters. The Bertz CT molecular complexity index is 914. The molecular weight excluding hydrogens is 408 g/mol. The van der Waals surface area contributed by atoms with Crippen molar-refractivity contribution in [1.29, 1.82) is 0 Å². The first-order valence-electron chi connectivity index (χ1n) is 13.7. The van der Waals surface area contributed by atoms with Crippen LogP contribution in [0.4, 0.5) is 0 Å². The Morgan fingerprint density at radius 3 is 2.30 bits per heavy atom. The number of Topliss-reactive ketones (excluding diaryl/α,β-unsaturated/α-hetero) is 1. The zero-order chi connectivity index (χ0) is 24.2. The van der Waals surface area contributed by atoms with E-state index >= 15 is 0 Å². The molecule has 0 heterocycles. The lowest BCUT2D eigenvalue weighted by Gasteiger charge is -2.69. The van der Waals surface area contributed by atoms with Crippen molar-refractivity contribution in [3.05, 3.63) is 11.6 Å². The van der Waals surface area contributed by atoms with Crippen molar-refractivity contribution in [2.75, 3.05) is 0 Å². The van der Waals surface area contributed by atoms with Gasteiger partial charge in [0.25, 0.3) is 0 Å². The second kappa shape index (κ2) is 6.97.